The lowest BCUT2D eigenvalue weighted by molar-refractivity contribution is 0.286. The van der Waals surface area contributed by atoms with Gasteiger partial charge in [-0.2, -0.15) is 4.31 Å². The number of hydrogen-bond donors (Lipinski definition) is 1. The first kappa shape index (κ1) is 15.9. The number of rotatable bonds is 6. The number of sulfonamides is 1. The third-order valence-electron chi connectivity index (χ3n) is 3.91. The Bertz CT molecular complexity index is 519. The van der Waals surface area contributed by atoms with Crippen LogP contribution in [0.4, 0.5) is 0 Å². The predicted molar refractivity (Wildman–Crippen MR) is 83.5 cm³/mol. The van der Waals surface area contributed by atoms with Gasteiger partial charge in [0, 0.05) is 24.5 Å². The summed E-state index contributed by atoms with van der Waals surface area (Å²) in [5, 5.41) is 3.22. The highest BCUT2D eigenvalue weighted by Gasteiger charge is 2.30. The fourth-order valence-corrected chi connectivity index (χ4v) is 5.55. The molecule has 20 heavy (non-hydrogen) atoms. The number of nitrogens with zero attached hydrogens (tertiary/aromatic N) is 1. The van der Waals surface area contributed by atoms with Gasteiger partial charge in [0.2, 0.25) is 0 Å². The molecule has 1 aromatic heterocycles. The lowest BCUT2D eigenvalue weighted by atomic mass is 9.96. The lowest BCUT2D eigenvalue weighted by Crippen LogP contribution is -2.37. The van der Waals surface area contributed by atoms with E-state index < -0.39 is 10.0 Å². The average molecular weight is 316 g/mol. The first-order chi connectivity index (χ1) is 9.55. The zero-order valence-electron chi connectivity index (χ0n) is 12.3. The van der Waals surface area contributed by atoms with E-state index in [0.29, 0.717) is 4.21 Å². The van der Waals surface area contributed by atoms with Crippen LogP contribution in [0.5, 0.6) is 0 Å². The van der Waals surface area contributed by atoms with Gasteiger partial charge in [-0.3, -0.25) is 0 Å². The minimum Gasteiger partial charge on any atom is -0.312 e. The molecule has 2 rings (SSSR count). The van der Waals surface area contributed by atoms with Crippen LogP contribution in [0.15, 0.2) is 16.3 Å². The second kappa shape index (κ2) is 7.02. The Kier molecular flexibility index (Phi) is 5.60. The SMILES string of the molecule is CCNCc1ccc(S(=O)(=O)N(C)C2CCCCC2)s1. The number of hydrogen-bond acceptors (Lipinski definition) is 4. The summed E-state index contributed by atoms with van der Waals surface area (Å²) in [7, 11) is -1.59. The van der Waals surface area contributed by atoms with Crippen LogP contribution in [0, 0.1) is 0 Å². The van der Waals surface area contributed by atoms with Crippen LogP contribution >= 0.6 is 11.3 Å². The fraction of sp³-hybridized carbons (Fsp3) is 0.714. The predicted octanol–water partition coefficient (Wildman–Crippen LogP) is 2.81. The van der Waals surface area contributed by atoms with Gasteiger partial charge in [-0.1, -0.05) is 26.2 Å². The summed E-state index contributed by atoms with van der Waals surface area (Å²) < 4.78 is 27.3. The van der Waals surface area contributed by atoms with Crippen LogP contribution < -0.4 is 5.32 Å². The van der Waals surface area contributed by atoms with E-state index in [4.69, 9.17) is 0 Å². The molecular formula is C14H24N2O2S2. The summed E-state index contributed by atoms with van der Waals surface area (Å²) in [4.78, 5) is 1.07. The van der Waals surface area contributed by atoms with Crippen molar-refractivity contribution in [2.24, 2.45) is 0 Å². The second-order valence-electron chi connectivity index (χ2n) is 5.31. The Morgan fingerprint density at radius 3 is 2.65 bits per heavy atom. The molecular weight excluding hydrogens is 292 g/mol. The summed E-state index contributed by atoms with van der Waals surface area (Å²) in [6, 6.07) is 3.83. The fourth-order valence-electron chi connectivity index (χ4n) is 2.62. The van der Waals surface area contributed by atoms with Gasteiger partial charge in [0.25, 0.3) is 10.0 Å². The molecule has 1 N–H and O–H groups in total. The largest absolute Gasteiger partial charge is 0.312 e. The van der Waals surface area contributed by atoms with Gasteiger partial charge in [-0.05, 0) is 31.5 Å². The molecule has 0 spiro atoms. The Morgan fingerprint density at radius 2 is 2.00 bits per heavy atom. The van der Waals surface area contributed by atoms with Gasteiger partial charge in [0.15, 0.2) is 0 Å². The molecule has 1 aromatic rings. The smallest absolute Gasteiger partial charge is 0.252 e. The van der Waals surface area contributed by atoms with Crippen molar-refractivity contribution in [2.45, 2.75) is 55.8 Å². The highest BCUT2D eigenvalue weighted by molar-refractivity contribution is 7.91. The minimum atomic E-state index is -3.32. The van der Waals surface area contributed by atoms with Gasteiger partial charge in [-0.15, -0.1) is 11.3 Å². The van der Waals surface area contributed by atoms with Crippen molar-refractivity contribution in [2.75, 3.05) is 13.6 Å². The van der Waals surface area contributed by atoms with Gasteiger partial charge < -0.3 is 5.32 Å². The summed E-state index contributed by atoms with van der Waals surface area (Å²) in [6.07, 6.45) is 5.49. The number of thiophene rings is 1. The second-order valence-corrected chi connectivity index (χ2v) is 8.71. The van der Waals surface area contributed by atoms with Crippen molar-refractivity contribution in [1.82, 2.24) is 9.62 Å². The van der Waals surface area contributed by atoms with Crippen molar-refractivity contribution in [3.8, 4) is 0 Å². The molecule has 1 fully saturated rings. The third-order valence-corrected chi connectivity index (χ3v) is 7.37. The first-order valence-electron chi connectivity index (χ1n) is 7.33. The monoisotopic (exact) mass is 316 g/mol. The average Bonchev–Trinajstić information content (AvgIpc) is 2.94. The van der Waals surface area contributed by atoms with E-state index in [1.54, 1.807) is 17.4 Å². The molecule has 0 unspecified atom stereocenters. The van der Waals surface area contributed by atoms with Crippen molar-refractivity contribution < 1.29 is 8.42 Å². The maximum atomic E-state index is 12.6. The highest BCUT2D eigenvalue weighted by atomic mass is 32.2. The van der Waals surface area contributed by atoms with Crippen LogP contribution in [0.3, 0.4) is 0 Å². The summed E-state index contributed by atoms with van der Waals surface area (Å²) in [5.74, 6) is 0. The molecule has 6 heteroatoms. The topological polar surface area (TPSA) is 49.4 Å². The van der Waals surface area contributed by atoms with E-state index in [1.165, 1.54) is 17.8 Å². The summed E-state index contributed by atoms with van der Waals surface area (Å²) >= 11 is 1.38. The Morgan fingerprint density at radius 1 is 1.30 bits per heavy atom. The molecule has 4 nitrogen and oxygen atoms in total. The minimum absolute atomic E-state index is 0.174. The molecule has 1 heterocycles. The quantitative estimate of drug-likeness (QED) is 0.878. The normalized spacial score (nSPS) is 17.8. The van der Waals surface area contributed by atoms with E-state index in [-0.39, 0.29) is 6.04 Å². The van der Waals surface area contributed by atoms with Gasteiger partial charge in [-0.25, -0.2) is 8.42 Å². The zero-order chi connectivity index (χ0) is 14.6. The van der Waals surface area contributed by atoms with E-state index >= 15 is 0 Å². The van der Waals surface area contributed by atoms with Crippen molar-refractivity contribution in [3.05, 3.63) is 17.0 Å². The molecule has 0 aromatic carbocycles. The first-order valence-corrected chi connectivity index (χ1v) is 9.59. The molecule has 1 saturated carbocycles. The molecule has 0 saturated heterocycles. The number of nitrogens with one attached hydrogen (secondary N) is 1. The highest BCUT2D eigenvalue weighted by Crippen LogP contribution is 2.29. The van der Waals surface area contributed by atoms with Crippen molar-refractivity contribution in [3.63, 3.8) is 0 Å². The standard InChI is InChI=1S/C14H24N2O2S2/c1-3-15-11-13-9-10-14(19-13)20(17,18)16(2)12-7-5-4-6-8-12/h9-10,12,15H,3-8,11H2,1-2H3. The van der Waals surface area contributed by atoms with Crippen molar-refractivity contribution in [1.29, 1.82) is 0 Å². The molecule has 1 aliphatic carbocycles. The molecule has 0 radical (unpaired) electrons. The molecule has 0 atom stereocenters. The molecule has 0 bridgehead atoms. The van der Waals surface area contributed by atoms with E-state index in [9.17, 15) is 8.42 Å². The van der Waals surface area contributed by atoms with E-state index in [0.717, 1.165) is 43.6 Å². The molecule has 114 valence electrons. The van der Waals surface area contributed by atoms with E-state index in [1.807, 2.05) is 13.0 Å². The Balaban J connectivity index is 2.10. The van der Waals surface area contributed by atoms with Crippen LogP contribution in [0.1, 0.15) is 43.9 Å². The van der Waals surface area contributed by atoms with Gasteiger partial charge >= 0.3 is 0 Å². The lowest BCUT2D eigenvalue weighted by Gasteiger charge is -2.29. The summed E-state index contributed by atoms with van der Waals surface area (Å²) in [5.41, 5.74) is 0. The van der Waals surface area contributed by atoms with Crippen LogP contribution in [-0.4, -0.2) is 32.4 Å². The van der Waals surface area contributed by atoms with Crippen molar-refractivity contribution >= 4 is 21.4 Å². The molecule has 0 amide bonds. The van der Waals surface area contributed by atoms with Crippen LogP contribution in [-0.2, 0) is 16.6 Å². The summed E-state index contributed by atoms with van der Waals surface area (Å²) in [6.45, 7) is 3.67. The third kappa shape index (κ3) is 3.61. The van der Waals surface area contributed by atoms with Crippen LogP contribution in [0.25, 0.3) is 0 Å². The Hall–Kier alpha value is -0.430. The van der Waals surface area contributed by atoms with Gasteiger partial charge in [0.05, 0.1) is 0 Å². The van der Waals surface area contributed by atoms with E-state index in [2.05, 4.69) is 5.32 Å². The maximum absolute atomic E-state index is 12.6. The van der Waals surface area contributed by atoms with Crippen LogP contribution in [0.2, 0.25) is 0 Å². The molecule has 1 aliphatic rings. The Labute approximate surface area is 126 Å². The maximum Gasteiger partial charge on any atom is 0.252 e. The van der Waals surface area contributed by atoms with Gasteiger partial charge in [0.1, 0.15) is 4.21 Å². The molecule has 0 aliphatic heterocycles. The zero-order valence-corrected chi connectivity index (χ0v) is 13.9.